The summed E-state index contributed by atoms with van der Waals surface area (Å²) in [5.41, 5.74) is 5.88. The number of aromatic nitrogens is 2. The molecule has 2 amide bonds. The largest absolute Gasteiger partial charge is 0.396 e. The van der Waals surface area contributed by atoms with Gasteiger partial charge < -0.3 is 20.6 Å². The number of hydrogen-bond acceptors (Lipinski definition) is 5. The Bertz CT molecular complexity index is 1630. The Kier molecular flexibility index (Phi) is 11.9. The average Bonchev–Trinajstić information content (AvgIpc) is 3.03. The normalized spacial score (nSPS) is 11.6. The number of pyridine rings is 2. The number of carbonyl (C=O) groups excluding carboxylic acids is 1. The summed E-state index contributed by atoms with van der Waals surface area (Å²) in [6.07, 6.45) is 3.98. The number of urea groups is 1. The molecular formula is C37H49N5O3. The minimum absolute atomic E-state index is 0.0642. The van der Waals surface area contributed by atoms with Gasteiger partial charge in [0.1, 0.15) is 11.3 Å². The molecule has 0 saturated heterocycles. The Morgan fingerprint density at radius 1 is 0.911 bits per heavy atom. The van der Waals surface area contributed by atoms with Gasteiger partial charge in [0.2, 0.25) is 0 Å². The molecule has 3 N–H and O–H groups in total. The Morgan fingerprint density at radius 2 is 1.58 bits per heavy atom. The number of nitrogens with zero attached hydrogens (tertiary/aromatic N) is 3. The van der Waals surface area contributed by atoms with E-state index in [1.54, 1.807) is 10.8 Å². The third-order valence-corrected chi connectivity index (χ3v) is 8.46. The first kappa shape index (κ1) is 33.9. The number of amides is 2. The smallest absolute Gasteiger partial charge is 0.323 e. The van der Waals surface area contributed by atoms with Crippen molar-refractivity contribution in [2.75, 3.05) is 36.9 Å². The van der Waals surface area contributed by atoms with Crippen LogP contribution in [-0.4, -0.2) is 51.8 Å². The lowest BCUT2D eigenvalue weighted by Crippen LogP contribution is -2.30. The molecule has 0 fully saturated rings. The van der Waals surface area contributed by atoms with E-state index in [2.05, 4.69) is 74.2 Å². The van der Waals surface area contributed by atoms with Crippen molar-refractivity contribution in [1.82, 2.24) is 14.5 Å². The molecule has 45 heavy (non-hydrogen) atoms. The number of hydrogen-bond donors (Lipinski definition) is 3. The fourth-order valence-corrected chi connectivity index (χ4v) is 6.01. The van der Waals surface area contributed by atoms with Crippen LogP contribution in [0.2, 0.25) is 0 Å². The molecule has 2 aromatic carbocycles. The van der Waals surface area contributed by atoms with Gasteiger partial charge in [0.25, 0.3) is 5.56 Å². The number of nitrogens with one attached hydrogen (secondary N) is 2. The van der Waals surface area contributed by atoms with Crippen LogP contribution in [0.3, 0.4) is 0 Å². The van der Waals surface area contributed by atoms with E-state index in [4.69, 9.17) is 0 Å². The Balaban J connectivity index is 1.82. The van der Waals surface area contributed by atoms with Gasteiger partial charge in [-0.15, -0.1) is 0 Å². The molecule has 0 aliphatic rings. The summed E-state index contributed by atoms with van der Waals surface area (Å²) in [6, 6.07) is 17.6. The van der Waals surface area contributed by atoms with E-state index >= 15 is 0 Å². The van der Waals surface area contributed by atoms with Gasteiger partial charge >= 0.3 is 6.03 Å². The minimum Gasteiger partial charge on any atom is -0.396 e. The zero-order valence-corrected chi connectivity index (χ0v) is 27.7. The summed E-state index contributed by atoms with van der Waals surface area (Å²) >= 11 is 0. The minimum atomic E-state index is -0.476. The van der Waals surface area contributed by atoms with Crippen LogP contribution >= 0.6 is 0 Å². The molecule has 4 aromatic rings. The summed E-state index contributed by atoms with van der Waals surface area (Å²) in [5.74, 6) is 0.392. The van der Waals surface area contributed by atoms with E-state index in [9.17, 15) is 14.7 Å². The number of anilines is 2. The van der Waals surface area contributed by atoms with Crippen LogP contribution in [-0.2, 0) is 13.0 Å². The van der Waals surface area contributed by atoms with Crippen molar-refractivity contribution in [3.8, 4) is 11.1 Å². The second-order valence-electron chi connectivity index (χ2n) is 12.2. The van der Waals surface area contributed by atoms with Crippen LogP contribution in [0.15, 0.2) is 65.6 Å². The molecule has 0 radical (unpaired) electrons. The van der Waals surface area contributed by atoms with Crippen LogP contribution in [0.5, 0.6) is 0 Å². The van der Waals surface area contributed by atoms with Crippen molar-refractivity contribution in [1.29, 1.82) is 0 Å². The molecule has 0 aliphatic heterocycles. The molecule has 0 spiro atoms. The lowest BCUT2D eigenvalue weighted by molar-refractivity contribution is 0.262. The van der Waals surface area contributed by atoms with Crippen molar-refractivity contribution in [2.45, 2.75) is 79.2 Å². The van der Waals surface area contributed by atoms with Gasteiger partial charge in [0.15, 0.2) is 0 Å². The van der Waals surface area contributed by atoms with Crippen molar-refractivity contribution >= 4 is 28.4 Å². The van der Waals surface area contributed by atoms with Crippen molar-refractivity contribution in [2.24, 2.45) is 0 Å². The molecule has 8 heteroatoms. The van der Waals surface area contributed by atoms with Crippen LogP contribution in [0, 0.1) is 0 Å². The highest BCUT2D eigenvalue weighted by molar-refractivity contribution is 6.07. The molecular weight excluding hydrogens is 562 g/mol. The first-order chi connectivity index (χ1) is 21.7. The number of fused-ring (bicyclic) bond motifs is 1. The quantitative estimate of drug-likeness (QED) is 0.136. The lowest BCUT2D eigenvalue weighted by atomic mass is 9.93. The third kappa shape index (κ3) is 7.99. The van der Waals surface area contributed by atoms with E-state index in [-0.39, 0.29) is 36.2 Å². The van der Waals surface area contributed by atoms with Crippen molar-refractivity contribution in [3.63, 3.8) is 0 Å². The average molecular weight is 612 g/mol. The second-order valence-corrected chi connectivity index (χ2v) is 12.2. The Hall–Kier alpha value is -4.01. The molecule has 0 bridgehead atoms. The summed E-state index contributed by atoms with van der Waals surface area (Å²) < 4.78 is 1.56. The van der Waals surface area contributed by atoms with Crippen LogP contribution < -0.4 is 16.2 Å². The van der Waals surface area contributed by atoms with E-state index in [0.29, 0.717) is 17.6 Å². The fraction of sp³-hybridized carbons (Fsp3) is 0.432. The number of aliphatic hydroxyl groups excluding tert-OH is 1. The maximum absolute atomic E-state index is 14.2. The maximum Gasteiger partial charge on any atom is 0.323 e. The van der Waals surface area contributed by atoms with Crippen LogP contribution in [0.1, 0.15) is 82.9 Å². The second kappa shape index (κ2) is 15.8. The van der Waals surface area contributed by atoms with Crippen molar-refractivity contribution in [3.05, 3.63) is 87.8 Å². The van der Waals surface area contributed by atoms with E-state index in [1.165, 1.54) is 5.56 Å². The molecule has 8 nitrogen and oxygen atoms in total. The van der Waals surface area contributed by atoms with E-state index < -0.39 is 6.03 Å². The van der Waals surface area contributed by atoms with Gasteiger partial charge in [-0.25, -0.2) is 9.78 Å². The third-order valence-electron chi connectivity index (χ3n) is 8.46. The number of benzene rings is 2. The number of para-hydroxylation sites is 1. The first-order valence-electron chi connectivity index (χ1n) is 16.3. The molecule has 240 valence electrons. The predicted octanol–water partition coefficient (Wildman–Crippen LogP) is 7.61. The summed E-state index contributed by atoms with van der Waals surface area (Å²) in [7, 11) is 0. The molecule has 4 rings (SSSR count). The Labute approximate surface area is 267 Å². The molecule has 0 unspecified atom stereocenters. The van der Waals surface area contributed by atoms with E-state index in [0.717, 1.165) is 60.2 Å². The molecule has 0 aliphatic carbocycles. The number of carbonyl (C=O) groups is 1. The number of rotatable bonds is 14. The van der Waals surface area contributed by atoms with Crippen LogP contribution in [0.25, 0.3) is 22.2 Å². The van der Waals surface area contributed by atoms with E-state index in [1.807, 2.05) is 42.5 Å². The van der Waals surface area contributed by atoms with Gasteiger partial charge in [0.05, 0.1) is 0 Å². The highest BCUT2D eigenvalue weighted by Gasteiger charge is 2.22. The molecule has 2 aromatic heterocycles. The molecule has 0 saturated carbocycles. The fourth-order valence-electron chi connectivity index (χ4n) is 6.01. The Morgan fingerprint density at radius 3 is 2.22 bits per heavy atom. The molecule has 2 heterocycles. The predicted molar refractivity (Wildman–Crippen MR) is 187 cm³/mol. The summed E-state index contributed by atoms with van der Waals surface area (Å²) in [6.45, 7) is 16.1. The SMILES string of the molecule is CCN(CC)CCCc1cccc(-c2c(NC(=O)Nc3c(C(C)C)cccc3C(C)C)c(=O)n(CCCO)c3ncccc23)c1. The first-order valence-corrected chi connectivity index (χ1v) is 16.3. The van der Waals surface area contributed by atoms with Gasteiger partial charge in [-0.3, -0.25) is 9.36 Å². The van der Waals surface area contributed by atoms with Gasteiger partial charge in [-0.2, -0.15) is 0 Å². The van der Waals surface area contributed by atoms with Gasteiger partial charge in [-0.05, 0) is 85.1 Å². The summed E-state index contributed by atoms with van der Waals surface area (Å²) in [4.78, 5) is 35.0. The zero-order chi connectivity index (χ0) is 32.5. The number of aliphatic hydroxyl groups is 1. The lowest BCUT2D eigenvalue weighted by Gasteiger charge is -2.22. The maximum atomic E-state index is 14.2. The molecule has 0 atom stereocenters. The highest BCUT2D eigenvalue weighted by Crippen LogP contribution is 2.35. The monoisotopic (exact) mass is 611 g/mol. The van der Waals surface area contributed by atoms with Gasteiger partial charge in [0, 0.05) is 36.0 Å². The van der Waals surface area contributed by atoms with Crippen LogP contribution in [0.4, 0.5) is 16.2 Å². The zero-order valence-electron chi connectivity index (χ0n) is 27.7. The summed E-state index contributed by atoms with van der Waals surface area (Å²) in [5, 5.41) is 16.4. The van der Waals surface area contributed by atoms with Crippen molar-refractivity contribution < 1.29 is 9.90 Å². The van der Waals surface area contributed by atoms with Gasteiger partial charge in [-0.1, -0.05) is 84.0 Å². The topological polar surface area (TPSA) is 99.5 Å². The highest BCUT2D eigenvalue weighted by atomic mass is 16.3. The standard InChI is InChI=1S/C37H49N5O3/c1-7-41(8-2)21-12-15-27-14-9-16-28(24-27)32-31-19-11-20-38-35(31)42(22-13-23-43)36(44)34(32)40-37(45)39-33-29(25(3)4)17-10-18-30(33)26(5)6/h9-11,14,16-20,24-26,43H,7-8,12-13,15,21-23H2,1-6H3,(H2,39,40,45). The number of aryl methyl sites for hydroxylation is 2.